The Hall–Kier alpha value is -0.810. The molecule has 1 aromatic rings. The Morgan fingerprint density at radius 2 is 2.00 bits per heavy atom. The van der Waals surface area contributed by atoms with Crippen molar-refractivity contribution < 1.29 is 4.79 Å². The lowest BCUT2D eigenvalue weighted by Crippen LogP contribution is -2.46. The summed E-state index contributed by atoms with van der Waals surface area (Å²) in [7, 11) is 0. The number of carbonyl (C=O) groups excluding carboxylic acids is 1. The molecule has 3 N–H and O–H groups in total. The van der Waals surface area contributed by atoms with Crippen molar-refractivity contribution in [3.8, 4) is 0 Å². The smallest absolute Gasteiger partial charge is 0.220 e. The summed E-state index contributed by atoms with van der Waals surface area (Å²) in [6, 6.07) is 11.1. The number of amides is 1. The number of halogens is 2. The molecule has 2 atom stereocenters. The maximum absolute atomic E-state index is 11.9. The molecular formula is C18H31Cl2N3O. The molecule has 1 aliphatic rings. The summed E-state index contributed by atoms with van der Waals surface area (Å²) in [4.78, 5) is 14.4. The molecule has 4 nitrogen and oxygen atoms in total. The Balaban J connectivity index is 0.00000264. The number of likely N-dealkylation sites (tertiary alicyclic amines) is 1. The van der Waals surface area contributed by atoms with Gasteiger partial charge >= 0.3 is 0 Å². The molecule has 2 rings (SSSR count). The van der Waals surface area contributed by atoms with E-state index in [0.29, 0.717) is 12.5 Å². The summed E-state index contributed by atoms with van der Waals surface area (Å²) in [6.07, 6.45) is 4.96. The molecule has 1 amide bonds. The van der Waals surface area contributed by atoms with Crippen molar-refractivity contribution in [3.05, 3.63) is 35.9 Å². The maximum atomic E-state index is 11.9. The maximum Gasteiger partial charge on any atom is 0.220 e. The summed E-state index contributed by atoms with van der Waals surface area (Å²) >= 11 is 0. The highest BCUT2D eigenvalue weighted by Gasteiger charge is 2.22. The summed E-state index contributed by atoms with van der Waals surface area (Å²) in [5.74, 6) is 0.127. The third kappa shape index (κ3) is 8.34. The highest BCUT2D eigenvalue weighted by molar-refractivity contribution is 5.85. The van der Waals surface area contributed by atoms with Crippen molar-refractivity contribution >= 4 is 30.7 Å². The van der Waals surface area contributed by atoms with E-state index in [-0.39, 0.29) is 36.8 Å². The van der Waals surface area contributed by atoms with Crippen LogP contribution in [0.5, 0.6) is 0 Å². The molecule has 0 bridgehead atoms. The lowest BCUT2D eigenvalue weighted by Gasteiger charge is -2.36. The van der Waals surface area contributed by atoms with Crippen LogP contribution in [0, 0.1) is 0 Å². The van der Waals surface area contributed by atoms with Crippen LogP contribution in [0.3, 0.4) is 0 Å². The Labute approximate surface area is 158 Å². The van der Waals surface area contributed by atoms with E-state index in [0.717, 1.165) is 26.1 Å². The molecule has 0 aliphatic carbocycles. The summed E-state index contributed by atoms with van der Waals surface area (Å²) in [5.41, 5.74) is 7.04. The van der Waals surface area contributed by atoms with Gasteiger partial charge in [0.05, 0.1) is 0 Å². The van der Waals surface area contributed by atoms with Crippen LogP contribution < -0.4 is 11.1 Å². The van der Waals surface area contributed by atoms with Gasteiger partial charge in [-0.05, 0) is 38.3 Å². The fourth-order valence-electron chi connectivity index (χ4n) is 3.00. The second-order valence-corrected chi connectivity index (χ2v) is 6.43. The number of carbonyl (C=O) groups is 1. The molecule has 2 unspecified atom stereocenters. The zero-order chi connectivity index (χ0) is 15.8. The summed E-state index contributed by atoms with van der Waals surface area (Å²) in [5, 5.41) is 3.09. The Kier molecular flexibility index (Phi) is 12.1. The van der Waals surface area contributed by atoms with Gasteiger partial charge in [-0.1, -0.05) is 36.8 Å². The molecule has 1 aliphatic heterocycles. The summed E-state index contributed by atoms with van der Waals surface area (Å²) < 4.78 is 0. The van der Waals surface area contributed by atoms with E-state index in [4.69, 9.17) is 5.73 Å². The Morgan fingerprint density at radius 1 is 1.29 bits per heavy atom. The molecule has 1 fully saturated rings. The van der Waals surface area contributed by atoms with Gasteiger partial charge in [0.2, 0.25) is 5.91 Å². The molecule has 0 aromatic heterocycles. The molecule has 1 aromatic carbocycles. The van der Waals surface area contributed by atoms with Gasteiger partial charge in [0.15, 0.2) is 0 Å². The van der Waals surface area contributed by atoms with Crippen molar-refractivity contribution in [2.24, 2.45) is 5.73 Å². The minimum Gasteiger partial charge on any atom is -0.355 e. The van der Waals surface area contributed by atoms with E-state index >= 15 is 0 Å². The average molecular weight is 376 g/mol. The zero-order valence-corrected chi connectivity index (χ0v) is 16.1. The van der Waals surface area contributed by atoms with E-state index in [1.165, 1.54) is 24.8 Å². The van der Waals surface area contributed by atoms with Gasteiger partial charge in [-0.25, -0.2) is 0 Å². The third-order valence-corrected chi connectivity index (χ3v) is 4.34. The molecule has 0 saturated carbocycles. The van der Waals surface area contributed by atoms with Crippen molar-refractivity contribution in [1.82, 2.24) is 10.2 Å². The van der Waals surface area contributed by atoms with Gasteiger partial charge in [0, 0.05) is 31.6 Å². The van der Waals surface area contributed by atoms with E-state index in [1.807, 2.05) is 6.92 Å². The normalized spacial score (nSPS) is 18.8. The SMILES string of the molecule is CC(N)CCC(=O)NCC1CCCCN1Cc1ccccc1.Cl.Cl. The molecule has 1 saturated heterocycles. The van der Waals surface area contributed by atoms with Crippen LogP contribution >= 0.6 is 24.8 Å². The fraction of sp³-hybridized carbons (Fsp3) is 0.611. The number of hydrogen-bond donors (Lipinski definition) is 2. The number of nitrogens with one attached hydrogen (secondary N) is 1. The molecule has 6 heteroatoms. The third-order valence-electron chi connectivity index (χ3n) is 4.34. The topological polar surface area (TPSA) is 58.4 Å². The minimum atomic E-state index is 0. The van der Waals surface area contributed by atoms with Crippen LogP contribution in [0.25, 0.3) is 0 Å². The number of benzene rings is 1. The predicted octanol–water partition coefficient (Wildman–Crippen LogP) is 3.13. The second-order valence-electron chi connectivity index (χ2n) is 6.43. The lowest BCUT2D eigenvalue weighted by atomic mass is 10.0. The first-order valence-corrected chi connectivity index (χ1v) is 8.45. The van der Waals surface area contributed by atoms with Crippen LogP contribution in [0.1, 0.15) is 44.6 Å². The van der Waals surface area contributed by atoms with Gasteiger partial charge in [-0.15, -0.1) is 24.8 Å². The van der Waals surface area contributed by atoms with Crippen LogP contribution in [0.2, 0.25) is 0 Å². The number of nitrogens with two attached hydrogens (primary N) is 1. The number of piperidine rings is 1. The van der Waals surface area contributed by atoms with E-state index in [9.17, 15) is 4.79 Å². The lowest BCUT2D eigenvalue weighted by molar-refractivity contribution is -0.121. The molecule has 1 heterocycles. The van der Waals surface area contributed by atoms with E-state index in [2.05, 4.69) is 40.5 Å². The monoisotopic (exact) mass is 375 g/mol. The van der Waals surface area contributed by atoms with Crippen LogP contribution in [-0.4, -0.2) is 36.0 Å². The van der Waals surface area contributed by atoms with Crippen molar-refractivity contribution in [3.63, 3.8) is 0 Å². The molecule has 0 spiro atoms. The quantitative estimate of drug-likeness (QED) is 0.769. The second kappa shape index (κ2) is 12.5. The fourth-order valence-corrected chi connectivity index (χ4v) is 3.00. The van der Waals surface area contributed by atoms with Crippen LogP contribution in [0.4, 0.5) is 0 Å². The molecule has 0 radical (unpaired) electrons. The minimum absolute atomic E-state index is 0. The van der Waals surface area contributed by atoms with Gasteiger partial charge in [-0.3, -0.25) is 9.69 Å². The first-order chi connectivity index (χ1) is 10.6. The van der Waals surface area contributed by atoms with Gasteiger partial charge in [0.1, 0.15) is 0 Å². The first kappa shape index (κ1) is 23.2. The van der Waals surface area contributed by atoms with Gasteiger partial charge in [-0.2, -0.15) is 0 Å². The van der Waals surface area contributed by atoms with E-state index in [1.54, 1.807) is 0 Å². The standard InChI is InChI=1S/C18H29N3O.2ClH/c1-15(19)10-11-18(22)20-13-17-9-5-6-12-21(17)14-16-7-3-2-4-8-16;;/h2-4,7-8,15,17H,5-6,9-14,19H2,1H3,(H,20,22);2*1H. The molecular weight excluding hydrogens is 345 g/mol. The Morgan fingerprint density at radius 3 is 2.67 bits per heavy atom. The first-order valence-electron chi connectivity index (χ1n) is 8.45. The molecule has 138 valence electrons. The predicted molar refractivity (Wildman–Crippen MR) is 105 cm³/mol. The van der Waals surface area contributed by atoms with Gasteiger partial charge < -0.3 is 11.1 Å². The van der Waals surface area contributed by atoms with E-state index < -0.39 is 0 Å². The highest BCUT2D eigenvalue weighted by atomic mass is 35.5. The number of hydrogen-bond acceptors (Lipinski definition) is 3. The zero-order valence-electron chi connectivity index (χ0n) is 14.4. The van der Waals surface area contributed by atoms with Crippen molar-refractivity contribution in [2.45, 2.75) is 57.7 Å². The largest absolute Gasteiger partial charge is 0.355 e. The highest BCUT2D eigenvalue weighted by Crippen LogP contribution is 2.19. The number of rotatable bonds is 7. The van der Waals surface area contributed by atoms with Crippen LogP contribution in [-0.2, 0) is 11.3 Å². The van der Waals surface area contributed by atoms with Crippen LogP contribution in [0.15, 0.2) is 30.3 Å². The number of nitrogens with zero attached hydrogens (tertiary/aromatic N) is 1. The van der Waals surface area contributed by atoms with Crippen molar-refractivity contribution in [1.29, 1.82) is 0 Å². The average Bonchev–Trinajstić information content (AvgIpc) is 2.53. The summed E-state index contributed by atoms with van der Waals surface area (Å²) in [6.45, 7) is 4.79. The van der Waals surface area contributed by atoms with Crippen molar-refractivity contribution in [2.75, 3.05) is 13.1 Å². The molecule has 24 heavy (non-hydrogen) atoms. The Bertz CT molecular complexity index is 457. The van der Waals surface area contributed by atoms with Gasteiger partial charge in [0.25, 0.3) is 0 Å².